The van der Waals surface area contributed by atoms with Gasteiger partial charge in [0.25, 0.3) is 0 Å². The molecule has 12 aromatic heterocycles. The summed E-state index contributed by atoms with van der Waals surface area (Å²) in [4.78, 5) is 108. The third-order valence-electron chi connectivity index (χ3n) is 23.7. The van der Waals surface area contributed by atoms with E-state index in [2.05, 4.69) is 69.8 Å². The second-order valence-corrected chi connectivity index (χ2v) is 33.3. The fraction of sp³-hybridized carbons (Fsp3) is 0.392. The number of halogens is 6. The number of nitrogens with zero attached hydrogens (tertiary/aromatic N) is 11. The van der Waals surface area contributed by atoms with E-state index >= 15 is 13.2 Å². The van der Waals surface area contributed by atoms with Gasteiger partial charge in [0.05, 0.1) is 75.1 Å². The maximum atomic E-state index is 16.2. The summed E-state index contributed by atoms with van der Waals surface area (Å²) in [5.41, 5.74) is 3.81. The first-order chi connectivity index (χ1) is 53.5. The topological polar surface area (TPSA) is 344 Å². The summed E-state index contributed by atoms with van der Waals surface area (Å²) in [6, 6.07) is 10.7. The van der Waals surface area contributed by atoms with Gasteiger partial charge in [-0.15, -0.1) is 22.7 Å². The summed E-state index contributed by atoms with van der Waals surface area (Å²) in [6.07, 6.45) is 23.1. The molecule has 574 valence electrons. The number of carbonyl (C=O) groups is 4. The molecule has 8 N–H and O–H groups in total. The van der Waals surface area contributed by atoms with E-state index in [-0.39, 0.29) is 129 Å². The summed E-state index contributed by atoms with van der Waals surface area (Å²) in [6.45, 7) is 0.718. The first-order valence-electron chi connectivity index (χ1n) is 36.9. The van der Waals surface area contributed by atoms with Crippen LogP contribution in [0.15, 0.2) is 91.0 Å². The Balaban J connectivity index is 0.000000126. The molecule has 9 saturated carbocycles. The lowest BCUT2D eigenvalue weighted by Crippen LogP contribution is -2.45. The van der Waals surface area contributed by atoms with Gasteiger partial charge in [0.1, 0.15) is 56.4 Å². The molecule has 6 atom stereocenters. The number of nitrogens with one attached hydrogen (secondary N) is 4. The molecule has 0 spiro atoms. The van der Waals surface area contributed by atoms with Crippen molar-refractivity contribution in [2.75, 3.05) is 20.4 Å². The maximum Gasteiger partial charge on any atom is 0.345 e. The number of imidazole rings is 1. The van der Waals surface area contributed by atoms with Crippen LogP contribution < -0.4 is 0 Å². The van der Waals surface area contributed by atoms with Crippen molar-refractivity contribution in [3.63, 3.8) is 0 Å². The number of thioether (sulfide) groups is 1. The third-order valence-corrected chi connectivity index (χ3v) is 26.5. The van der Waals surface area contributed by atoms with Gasteiger partial charge in [-0.05, 0) is 212 Å². The lowest BCUT2D eigenvalue weighted by Gasteiger charge is -2.46. The van der Waals surface area contributed by atoms with E-state index in [1.54, 1.807) is 18.6 Å². The van der Waals surface area contributed by atoms with E-state index in [4.69, 9.17) is 0 Å². The Morgan fingerprint density at radius 1 is 0.468 bits per heavy atom. The van der Waals surface area contributed by atoms with Crippen LogP contribution in [0.1, 0.15) is 109 Å². The molecule has 6 unspecified atom stereocenters. The predicted octanol–water partition coefficient (Wildman–Crippen LogP) is 16.3. The molecule has 111 heavy (non-hydrogen) atoms. The molecule has 32 heteroatoms. The van der Waals surface area contributed by atoms with Gasteiger partial charge in [-0.3, -0.25) is 14.4 Å². The molecule has 12 heterocycles. The molecule has 9 aliphatic rings. The van der Waals surface area contributed by atoms with Crippen LogP contribution in [0.2, 0.25) is 0 Å². The molecule has 6 bridgehead atoms. The quantitative estimate of drug-likeness (QED) is 0.0275. The molecule has 0 amide bonds. The molecule has 23 nitrogen and oxygen atoms in total. The summed E-state index contributed by atoms with van der Waals surface area (Å²) in [7, 11) is 3.95. The van der Waals surface area contributed by atoms with Crippen LogP contribution in [-0.4, -0.2) is 139 Å². The van der Waals surface area contributed by atoms with E-state index in [0.717, 1.165) is 118 Å². The molecular weight excluding hydrogens is 1500 g/mol. The van der Waals surface area contributed by atoms with Crippen molar-refractivity contribution >= 4 is 91.4 Å². The Bertz CT molecular complexity index is 5580. The first-order valence-corrected chi connectivity index (χ1v) is 39.8. The average Bonchev–Trinajstić information content (AvgIpc) is 1.75. The lowest BCUT2D eigenvalue weighted by atomic mass is 9.57. The Hall–Kier alpha value is -10.3. The zero-order valence-electron chi connectivity index (χ0n) is 60.2. The van der Waals surface area contributed by atoms with Crippen LogP contribution in [0.4, 0.5) is 26.3 Å². The monoisotopic (exact) mass is 1570 g/mol. The van der Waals surface area contributed by atoms with Crippen molar-refractivity contribution in [2.45, 2.75) is 108 Å². The summed E-state index contributed by atoms with van der Waals surface area (Å²) < 4.78 is 90.3. The number of carboxylic acid groups (broad SMARTS) is 4. The van der Waals surface area contributed by atoms with Gasteiger partial charge in [0, 0.05) is 62.9 Å². The minimum absolute atomic E-state index is 0.0324. The summed E-state index contributed by atoms with van der Waals surface area (Å²) in [5.74, 6) is -7.66. The van der Waals surface area contributed by atoms with Crippen LogP contribution in [-0.2, 0) is 40.2 Å². The molecule has 9 fully saturated rings. The number of pyridine rings is 3. The van der Waals surface area contributed by atoms with Crippen LogP contribution in [0.25, 0.3) is 99.8 Å². The van der Waals surface area contributed by atoms with Gasteiger partial charge < -0.3 is 45.3 Å². The van der Waals surface area contributed by atoms with E-state index in [1.165, 1.54) is 59.6 Å². The Morgan fingerprint density at radius 2 is 0.829 bits per heavy atom. The van der Waals surface area contributed by atoms with E-state index in [0.29, 0.717) is 70.4 Å². The standard InChI is InChI=1S/C28H29F2N5O2S.C26H22F2N4O4S.C25H24F2N6O2S/c1-35(2)13-17-7-8-22(38-17)25-24(30)21(10-18-14-3-5-15(6-4-14)23(18)28(36)37)33-27(34-25)20-12-32-26-19(20)9-16(29)11-31-26;27-13-7-15-16(10-30-23(15)29-9-13)24-31-17(8-14-11-1-3-12(4-2-11)20(14)26(35)36)21(28)22(32-24)18-5-6-19(37-18)25(33)34;1-36-25-30-10-18(32-25)21-20(27)17(7-14-11-2-4-12(5-3-11)19(14)24(34)35)31-23(33-21)16-9-29-22-15(16)6-13(26)8-28-22/h7-9,11-12,14-15,18,23H,3-6,10,13H2,1-2H3,(H,31,32)(H,36,37);5-7,9-12,14,20H,1-4,8H2,(H,29,30)(H,33,34)(H,35,36);6,8-12,14,19H,2-5,7H2,1H3,(H,28,29)(H,30,32)(H,34,35). The van der Waals surface area contributed by atoms with Crippen LogP contribution >= 0.6 is 34.4 Å². The third kappa shape index (κ3) is 14.7. The Kier molecular flexibility index (Phi) is 20.7. The van der Waals surface area contributed by atoms with Crippen molar-refractivity contribution in [2.24, 2.45) is 71.0 Å². The number of rotatable bonds is 19. The molecule has 21 rings (SSSR count). The molecular formula is C79H75F6N15O8S3. The SMILES string of the molecule is CN(C)Cc1ccc(-c2nc(-c3c[nH]c4ncc(F)cc34)nc(CC3C4CCC(CC4)C3C(=O)O)c2F)s1.CSc1ncc(-c2nc(-c3c[nH]c4ncc(F)cc34)nc(CC3C4CCC(CC4)C3C(=O)O)c2F)[nH]1.O=C(O)c1ccc(-c2nc(-c3c[nH]c4ncc(F)cc34)nc(CC3C4CCC(CC4)C3C(=O)O)c2F)s1. The molecule has 0 radical (unpaired) electrons. The number of aromatic amines is 4. The van der Waals surface area contributed by atoms with Gasteiger partial charge in [0.2, 0.25) is 0 Å². The Labute approximate surface area is 642 Å². The molecule has 9 aliphatic carbocycles. The fourth-order valence-corrected chi connectivity index (χ4v) is 21.0. The van der Waals surface area contributed by atoms with E-state index < -0.39 is 76.5 Å². The van der Waals surface area contributed by atoms with Gasteiger partial charge >= 0.3 is 23.9 Å². The zero-order chi connectivity index (χ0) is 77.4. The van der Waals surface area contributed by atoms with E-state index in [1.807, 2.05) is 37.4 Å². The number of H-pyrrole nitrogens is 4. The van der Waals surface area contributed by atoms with Gasteiger partial charge in [0.15, 0.2) is 40.1 Å². The smallest absolute Gasteiger partial charge is 0.345 e. The molecule has 0 saturated heterocycles. The highest BCUT2D eigenvalue weighted by molar-refractivity contribution is 7.98. The number of fused-ring (bicyclic) bond motifs is 12. The highest BCUT2D eigenvalue weighted by Crippen LogP contribution is 2.54. The highest BCUT2D eigenvalue weighted by Gasteiger charge is 2.51. The summed E-state index contributed by atoms with van der Waals surface area (Å²) in [5, 5.41) is 41.4. The number of thiophene rings is 2. The van der Waals surface area contributed by atoms with Crippen molar-refractivity contribution in [1.82, 2.24) is 74.7 Å². The second kappa shape index (κ2) is 30.8. The average molecular weight is 1570 g/mol. The largest absolute Gasteiger partial charge is 0.481 e. The molecule has 0 aliphatic heterocycles. The van der Waals surface area contributed by atoms with Gasteiger partial charge in [-0.1, -0.05) is 11.8 Å². The van der Waals surface area contributed by atoms with Gasteiger partial charge in [-0.2, -0.15) is 0 Å². The maximum absolute atomic E-state index is 16.2. The zero-order valence-corrected chi connectivity index (χ0v) is 62.6. The number of aromatic nitrogens is 14. The lowest BCUT2D eigenvalue weighted by molar-refractivity contribution is -0.153. The van der Waals surface area contributed by atoms with Crippen molar-refractivity contribution in [3.05, 3.63) is 148 Å². The van der Waals surface area contributed by atoms with E-state index in [9.17, 15) is 52.8 Å². The van der Waals surface area contributed by atoms with Crippen LogP contribution in [0, 0.1) is 106 Å². The number of hydrogen-bond acceptors (Lipinski definition) is 18. The molecule has 12 aromatic rings. The first kappa shape index (κ1) is 74.8. The fourth-order valence-electron chi connectivity index (χ4n) is 18.7. The number of carboxylic acids is 4. The molecule has 0 aromatic carbocycles. The van der Waals surface area contributed by atoms with Crippen molar-refractivity contribution < 1.29 is 65.9 Å². The Morgan fingerprint density at radius 3 is 1.18 bits per heavy atom. The predicted molar refractivity (Wildman–Crippen MR) is 403 cm³/mol. The minimum Gasteiger partial charge on any atom is -0.481 e. The van der Waals surface area contributed by atoms with Crippen LogP contribution in [0.3, 0.4) is 0 Å². The second-order valence-electron chi connectivity index (χ2n) is 30.2. The number of hydrogen-bond donors (Lipinski definition) is 8. The van der Waals surface area contributed by atoms with Crippen molar-refractivity contribution in [1.29, 1.82) is 0 Å². The summed E-state index contributed by atoms with van der Waals surface area (Å²) >= 11 is 3.74. The number of aliphatic carboxylic acids is 3. The van der Waals surface area contributed by atoms with Gasteiger partial charge in [-0.25, -0.2) is 81.0 Å². The van der Waals surface area contributed by atoms with Crippen LogP contribution in [0.5, 0.6) is 0 Å². The highest BCUT2D eigenvalue weighted by atomic mass is 32.2. The van der Waals surface area contributed by atoms with Crippen molar-refractivity contribution in [3.8, 4) is 66.7 Å². The minimum atomic E-state index is -1.13. The normalized spacial score (nSPS) is 23.1. The number of aromatic carboxylic acids is 1.